The zero-order valence-corrected chi connectivity index (χ0v) is 15.8. The van der Waals surface area contributed by atoms with Gasteiger partial charge in [0, 0.05) is 5.38 Å². The number of hydrogen-bond acceptors (Lipinski definition) is 9. The number of aromatic nitrogens is 1. The van der Waals surface area contributed by atoms with Gasteiger partial charge in [0.25, 0.3) is 5.91 Å². The molecule has 0 unspecified atom stereocenters. The maximum Gasteiger partial charge on any atom is 0.351 e. The predicted octanol–water partition coefficient (Wildman–Crippen LogP) is 1.57. The number of hydrogen-bond donors (Lipinski definition) is 1. The monoisotopic (exact) mass is 406 g/mol. The highest BCUT2D eigenvalue weighted by atomic mass is 32.1. The molecule has 3 rings (SSSR count). The lowest BCUT2D eigenvalue weighted by Gasteiger charge is -2.24. The second-order valence-electron chi connectivity index (χ2n) is 5.65. The van der Waals surface area contributed by atoms with Crippen molar-refractivity contribution >= 4 is 34.3 Å². The van der Waals surface area contributed by atoms with Crippen LogP contribution in [0.4, 0.5) is 5.13 Å². The first kappa shape index (κ1) is 19.6. The largest absolute Gasteiger partial charge is 0.485 e. The molecule has 1 aromatic heterocycles. The lowest BCUT2D eigenvalue weighted by atomic mass is 10.2. The van der Waals surface area contributed by atoms with Gasteiger partial charge in [0.2, 0.25) is 6.10 Å². The van der Waals surface area contributed by atoms with Crippen molar-refractivity contribution in [2.45, 2.75) is 19.4 Å². The number of thiazole rings is 1. The maximum absolute atomic E-state index is 12.1. The van der Waals surface area contributed by atoms with Crippen LogP contribution in [-0.4, -0.2) is 48.8 Å². The second kappa shape index (κ2) is 9.18. The van der Waals surface area contributed by atoms with Gasteiger partial charge in [0.05, 0.1) is 18.7 Å². The number of ether oxygens (including phenoxy) is 4. The van der Waals surface area contributed by atoms with Crippen molar-refractivity contribution in [3.63, 3.8) is 0 Å². The molecule has 1 aromatic carbocycles. The summed E-state index contributed by atoms with van der Waals surface area (Å²) in [4.78, 5) is 39.6. The molecule has 10 heteroatoms. The van der Waals surface area contributed by atoms with Crippen LogP contribution in [0.3, 0.4) is 0 Å². The van der Waals surface area contributed by atoms with E-state index < -0.39 is 30.6 Å². The summed E-state index contributed by atoms with van der Waals surface area (Å²) in [5, 5.41) is 4.45. The lowest BCUT2D eigenvalue weighted by molar-refractivity contribution is -0.156. The predicted molar refractivity (Wildman–Crippen MR) is 98.4 cm³/mol. The first-order valence-electron chi connectivity index (χ1n) is 8.50. The number of esters is 2. The highest BCUT2D eigenvalue weighted by Crippen LogP contribution is 2.31. The normalized spacial score (nSPS) is 14.8. The molecule has 0 fully saturated rings. The van der Waals surface area contributed by atoms with Gasteiger partial charge < -0.3 is 18.9 Å². The van der Waals surface area contributed by atoms with Gasteiger partial charge in [-0.05, 0) is 19.1 Å². The van der Waals surface area contributed by atoms with E-state index >= 15 is 0 Å². The second-order valence-corrected chi connectivity index (χ2v) is 6.50. The summed E-state index contributed by atoms with van der Waals surface area (Å²) in [5.74, 6) is -0.658. The van der Waals surface area contributed by atoms with E-state index in [1.807, 2.05) is 0 Å². The molecule has 0 saturated heterocycles. The van der Waals surface area contributed by atoms with Crippen LogP contribution in [0.5, 0.6) is 11.5 Å². The highest BCUT2D eigenvalue weighted by molar-refractivity contribution is 7.13. The quantitative estimate of drug-likeness (QED) is 0.690. The Hall–Kier alpha value is -3.14. The number of para-hydroxylation sites is 2. The molecule has 1 N–H and O–H groups in total. The standard InChI is InChI=1S/C18H18N2O7S/c1-2-24-16(22)7-11-10-28-18(19-11)20-15(21)9-26-17(23)14-8-25-12-5-3-4-6-13(12)27-14/h3-6,10,14H,2,7-9H2,1H3,(H,19,20,21)/t14-/m0/s1. The number of carbonyl (C=O) groups excluding carboxylic acids is 3. The van der Waals surface area contributed by atoms with Crippen LogP contribution in [0.1, 0.15) is 12.6 Å². The van der Waals surface area contributed by atoms with Gasteiger partial charge in [0.1, 0.15) is 6.61 Å². The van der Waals surface area contributed by atoms with E-state index in [0.717, 1.165) is 11.3 Å². The zero-order chi connectivity index (χ0) is 19.9. The number of anilines is 1. The molecule has 1 aliphatic heterocycles. The first-order valence-corrected chi connectivity index (χ1v) is 9.38. The molecule has 148 valence electrons. The molecule has 0 bridgehead atoms. The summed E-state index contributed by atoms with van der Waals surface area (Å²) < 4.78 is 20.8. The molecule has 0 spiro atoms. The van der Waals surface area contributed by atoms with Crippen LogP contribution in [-0.2, 0) is 30.3 Å². The fourth-order valence-electron chi connectivity index (χ4n) is 2.33. The average Bonchev–Trinajstić information content (AvgIpc) is 3.12. The molecule has 2 aromatic rings. The zero-order valence-electron chi connectivity index (χ0n) is 15.0. The lowest BCUT2D eigenvalue weighted by Crippen LogP contribution is -2.39. The van der Waals surface area contributed by atoms with Crippen molar-refractivity contribution in [3.05, 3.63) is 35.3 Å². The molecule has 0 saturated carbocycles. The third-order valence-corrected chi connectivity index (χ3v) is 4.35. The Bertz CT molecular complexity index is 867. The van der Waals surface area contributed by atoms with E-state index in [4.69, 9.17) is 18.9 Å². The molecule has 1 atom stereocenters. The smallest absolute Gasteiger partial charge is 0.351 e. The topological polar surface area (TPSA) is 113 Å². The minimum atomic E-state index is -0.946. The maximum atomic E-state index is 12.1. The summed E-state index contributed by atoms with van der Waals surface area (Å²) in [6.45, 7) is 1.52. The van der Waals surface area contributed by atoms with Gasteiger partial charge in [-0.3, -0.25) is 14.9 Å². The van der Waals surface area contributed by atoms with Crippen molar-refractivity contribution in [1.29, 1.82) is 0 Å². The van der Waals surface area contributed by atoms with E-state index in [1.165, 1.54) is 0 Å². The van der Waals surface area contributed by atoms with Gasteiger partial charge in [-0.25, -0.2) is 9.78 Å². The van der Waals surface area contributed by atoms with Gasteiger partial charge in [-0.1, -0.05) is 12.1 Å². The Kier molecular flexibility index (Phi) is 6.43. The summed E-state index contributed by atoms with van der Waals surface area (Å²) in [5.41, 5.74) is 0.488. The van der Waals surface area contributed by atoms with Crippen LogP contribution in [0.15, 0.2) is 29.6 Å². The summed E-state index contributed by atoms with van der Waals surface area (Å²) in [6.07, 6.45) is -0.922. The number of carbonyl (C=O) groups is 3. The molecular weight excluding hydrogens is 388 g/mol. The van der Waals surface area contributed by atoms with Gasteiger partial charge in [0.15, 0.2) is 23.2 Å². The number of fused-ring (bicyclic) bond motifs is 1. The number of nitrogens with one attached hydrogen (secondary N) is 1. The molecule has 0 aliphatic carbocycles. The average molecular weight is 406 g/mol. The van der Waals surface area contributed by atoms with Crippen molar-refractivity contribution in [1.82, 2.24) is 4.98 Å². The van der Waals surface area contributed by atoms with Crippen molar-refractivity contribution < 1.29 is 33.3 Å². The van der Waals surface area contributed by atoms with Crippen LogP contribution >= 0.6 is 11.3 Å². The SMILES string of the molecule is CCOC(=O)Cc1csc(NC(=O)COC(=O)[C@@H]2COc3ccccc3O2)n1. The Balaban J connectivity index is 1.44. The van der Waals surface area contributed by atoms with E-state index in [9.17, 15) is 14.4 Å². The minimum Gasteiger partial charge on any atom is -0.485 e. The minimum absolute atomic E-state index is 0.00116. The summed E-state index contributed by atoms with van der Waals surface area (Å²) in [7, 11) is 0. The fourth-order valence-corrected chi connectivity index (χ4v) is 3.05. The Morgan fingerprint density at radius 2 is 2.04 bits per heavy atom. The Morgan fingerprint density at radius 1 is 1.25 bits per heavy atom. The number of nitrogens with zero attached hydrogens (tertiary/aromatic N) is 1. The van der Waals surface area contributed by atoms with Crippen LogP contribution in [0.25, 0.3) is 0 Å². The molecule has 28 heavy (non-hydrogen) atoms. The third kappa shape index (κ3) is 5.19. The van der Waals surface area contributed by atoms with Crippen molar-refractivity contribution in [2.24, 2.45) is 0 Å². The fraction of sp³-hybridized carbons (Fsp3) is 0.333. The van der Waals surface area contributed by atoms with Crippen LogP contribution in [0.2, 0.25) is 0 Å². The van der Waals surface area contributed by atoms with Gasteiger partial charge in [-0.2, -0.15) is 0 Å². The molecule has 1 amide bonds. The van der Waals surface area contributed by atoms with Crippen molar-refractivity contribution in [2.75, 3.05) is 25.1 Å². The number of rotatable bonds is 7. The number of amides is 1. The molecular formula is C18H18N2O7S. The van der Waals surface area contributed by atoms with E-state index in [2.05, 4.69) is 10.3 Å². The Labute approximate surface area is 164 Å². The van der Waals surface area contributed by atoms with Gasteiger partial charge >= 0.3 is 11.9 Å². The summed E-state index contributed by atoms with van der Waals surface area (Å²) >= 11 is 1.16. The van der Waals surface area contributed by atoms with E-state index in [0.29, 0.717) is 28.9 Å². The number of benzene rings is 1. The van der Waals surface area contributed by atoms with E-state index in [1.54, 1.807) is 36.6 Å². The van der Waals surface area contributed by atoms with Crippen LogP contribution < -0.4 is 14.8 Å². The van der Waals surface area contributed by atoms with Gasteiger partial charge in [-0.15, -0.1) is 11.3 Å². The van der Waals surface area contributed by atoms with E-state index in [-0.39, 0.29) is 13.0 Å². The highest BCUT2D eigenvalue weighted by Gasteiger charge is 2.29. The van der Waals surface area contributed by atoms with Crippen molar-refractivity contribution in [3.8, 4) is 11.5 Å². The molecule has 2 heterocycles. The first-order chi connectivity index (χ1) is 13.5. The summed E-state index contributed by atoms with van der Waals surface area (Å²) in [6, 6.07) is 6.96. The molecule has 9 nitrogen and oxygen atoms in total. The molecule has 1 aliphatic rings. The Morgan fingerprint density at radius 3 is 2.82 bits per heavy atom. The third-order valence-electron chi connectivity index (χ3n) is 3.55. The molecule has 0 radical (unpaired) electrons. The van der Waals surface area contributed by atoms with Crippen LogP contribution in [0, 0.1) is 0 Å².